The summed E-state index contributed by atoms with van der Waals surface area (Å²) in [5.74, 6) is 0. The highest BCUT2D eigenvalue weighted by molar-refractivity contribution is 5.66. The Morgan fingerprint density at radius 1 is 1.53 bits per heavy atom. The van der Waals surface area contributed by atoms with Crippen molar-refractivity contribution in [2.75, 3.05) is 5.73 Å². The molecule has 1 amide bonds. The van der Waals surface area contributed by atoms with Gasteiger partial charge < -0.3 is 21.3 Å². The monoisotopic (exact) mass is 208 g/mol. The van der Waals surface area contributed by atoms with E-state index in [0.29, 0.717) is 12.1 Å². The maximum Gasteiger partial charge on any atom is 0.405 e. The average molecular weight is 208 g/mol. The molecule has 0 aromatic heterocycles. The number of hydrogen-bond donors (Lipinski definition) is 4. The molecule has 2 atom stereocenters. The van der Waals surface area contributed by atoms with Gasteiger partial charge in [-0.05, 0) is 23.3 Å². The van der Waals surface area contributed by atoms with Gasteiger partial charge in [0, 0.05) is 12.1 Å². The predicted molar refractivity (Wildman–Crippen MR) is 54.5 cm³/mol. The fraction of sp³-hybridized carbons (Fsp3) is 0.300. The van der Waals surface area contributed by atoms with Crippen molar-refractivity contribution in [2.45, 2.75) is 18.6 Å². The first-order valence-electron chi connectivity index (χ1n) is 4.64. The van der Waals surface area contributed by atoms with Gasteiger partial charge in [-0.25, -0.2) is 4.79 Å². The summed E-state index contributed by atoms with van der Waals surface area (Å²) in [6.07, 6.45) is -1.40. The zero-order valence-electron chi connectivity index (χ0n) is 7.97. The summed E-state index contributed by atoms with van der Waals surface area (Å²) in [4.78, 5) is 10.5. The van der Waals surface area contributed by atoms with Crippen LogP contribution in [0.4, 0.5) is 10.5 Å². The average Bonchev–Trinajstić information content (AvgIpc) is 2.43. The van der Waals surface area contributed by atoms with Gasteiger partial charge in [-0.15, -0.1) is 0 Å². The molecule has 1 aliphatic carbocycles. The van der Waals surface area contributed by atoms with Crippen molar-refractivity contribution in [1.82, 2.24) is 5.32 Å². The Morgan fingerprint density at radius 2 is 2.27 bits per heavy atom. The van der Waals surface area contributed by atoms with Gasteiger partial charge in [0.2, 0.25) is 0 Å². The van der Waals surface area contributed by atoms with Crippen molar-refractivity contribution in [3.8, 4) is 0 Å². The Morgan fingerprint density at radius 3 is 2.93 bits per heavy atom. The molecule has 0 bridgehead atoms. The third kappa shape index (κ3) is 1.73. The van der Waals surface area contributed by atoms with Crippen molar-refractivity contribution in [2.24, 2.45) is 0 Å². The number of anilines is 1. The third-order valence-corrected chi connectivity index (χ3v) is 2.60. The van der Waals surface area contributed by atoms with Crippen LogP contribution in [0.1, 0.15) is 17.2 Å². The second-order valence-electron chi connectivity index (χ2n) is 3.66. The number of carbonyl (C=O) groups is 1. The molecule has 0 saturated carbocycles. The van der Waals surface area contributed by atoms with Crippen LogP contribution in [-0.2, 0) is 6.42 Å². The topological polar surface area (TPSA) is 95.6 Å². The first-order valence-corrected chi connectivity index (χ1v) is 4.64. The zero-order chi connectivity index (χ0) is 11.0. The van der Waals surface area contributed by atoms with Crippen molar-refractivity contribution < 1.29 is 15.0 Å². The van der Waals surface area contributed by atoms with Crippen molar-refractivity contribution >= 4 is 11.8 Å². The lowest BCUT2D eigenvalue weighted by molar-refractivity contribution is 0.131. The van der Waals surface area contributed by atoms with E-state index in [2.05, 4.69) is 5.32 Å². The summed E-state index contributed by atoms with van der Waals surface area (Å²) in [5, 5.41) is 20.6. The van der Waals surface area contributed by atoms with E-state index < -0.39 is 18.2 Å². The van der Waals surface area contributed by atoms with Gasteiger partial charge in [-0.3, -0.25) is 0 Å². The van der Waals surface area contributed by atoms with Gasteiger partial charge in [0.05, 0.1) is 12.1 Å². The van der Waals surface area contributed by atoms with Gasteiger partial charge in [0.15, 0.2) is 0 Å². The second kappa shape index (κ2) is 3.43. The predicted octanol–water partition coefficient (Wildman–Crippen LogP) is 0.494. The number of rotatable bonds is 1. The molecule has 0 fully saturated rings. The minimum atomic E-state index is -1.14. The molecular formula is C10H12N2O3. The van der Waals surface area contributed by atoms with Crippen LogP contribution in [0.2, 0.25) is 0 Å². The summed E-state index contributed by atoms with van der Waals surface area (Å²) < 4.78 is 0. The van der Waals surface area contributed by atoms with Crippen LogP contribution >= 0.6 is 0 Å². The molecule has 0 spiro atoms. The fourth-order valence-electron chi connectivity index (χ4n) is 1.95. The number of nitrogens with one attached hydrogen (secondary N) is 1. The minimum absolute atomic E-state index is 0.459. The number of fused-ring (bicyclic) bond motifs is 1. The van der Waals surface area contributed by atoms with E-state index in [-0.39, 0.29) is 0 Å². The molecule has 2 rings (SSSR count). The summed E-state index contributed by atoms with van der Waals surface area (Å²) in [6.45, 7) is 0. The zero-order valence-corrected chi connectivity index (χ0v) is 7.97. The highest BCUT2D eigenvalue weighted by atomic mass is 16.4. The van der Waals surface area contributed by atoms with E-state index in [1.807, 2.05) is 6.07 Å². The molecule has 1 aromatic carbocycles. The Kier molecular flexibility index (Phi) is 2.24. The normalized spacial score (nSPS) is 23.5. The summed E-state index contributed by atoms with van der Waals surface area (Å²) in [7, 11) is 0. The van der Waals surface area contributed by atoms with Crippen LogP contribution in [0.15, 0.2) is 18.2 Å². The second-order valence-corrected chi connectivity index (χ2v) is 3.66. The molecule has 0 unspecified atom stereocenters. The van der Waals surface area contributed by atoms with Gasteiger partial charge >= 0.3 is 6.09 Å². The summed E-state index contributed by atoms with van der Waals surface area (Å²) >= 11 is 0. The number of nitrogen functional groups attached to an aromatic ring is 1. The molecule has 5 nitrogen and oxygen atoms in total. The van der Waals surface area contributed by atoms with Crippen LogP contribution in [-0.4, -0.2) is 22.4 Å². The van der Waals surface area contributed by atoms with E-state index in [1.165, 1.54) is 0 Å². The van der Waals surface area contributed by atoms with Crippen LogP contribution in [0.5, 0.6) is 0 Å². The summed E-state index contributed by atoms with van der Waals surface area (Å²) in [5.41, 5.74) is 7.89. The van der Waals surface area contributed by atoms with Gasteiger partial charge in [-0.1, -0.05) is 6.07 Å². The number of aliphatic hydroxyl groups is 1. The highest BCUT2D eigenvalue weighted by Gasteiger charge is 2.32. The lowest BCUT2D eigenvalue weighted by Gasteiger charge is -2.15. The highest BCUT2D eigenvalue weighted by Crippen LogP contribution is 2.32. The molecule has 1 aliphatic rings. The smallest absolute Gasteiger partial charge is 0.405 e. The number of carboxylic acid groups (broad SMARTS) is 1. The van der Waals surface area contributed by atoms with E-state index >= 15 is 0 Å². The Hall–Kier alpha value is -1.75. The first-order chi connectivity index (χ1) is 7.08. The van der Waals surface area contributed by atoms with Crippen LogP contribution < -0.4 is 11.1 Å². The molecule has 0 aliphatic heterocycles. The molecule has 80 valence electrons. The van der Waals surface area contributed by atoms with Crippen LogP contribution in [0.25, 0.3) is 0 Å². The molecule has 0 radical (unpaired) electrons. The standard InChI is InChI=1S/C10H12N2O3/c11-6-2-1-5-3-8(13)9(7(5)4-6)12-10(14)15/h1-2,4,8-9,12-13H,3,11H2,(H,14,15)/t8-,9-/m0/s1. The Balaban J connectivity index is 2.35. The molecule has 1 aromatic rings. The molecule has 5 N–H and O–H groups in total. The number of amides is 1. The molecular weight excluding hydrogens is 196 g/mol. The van der Waals surface area contributed by atoms with Gasteiger partial charge in [-0.2, -0.15) is 0 Å². The maximum atomic E-state index is 10.5. The molecule has 15 heavy (non-hydrogen) atoms. The number of nitrogens with two attached hydrogens (primary N) is 1. The SMILES string of the molecule is Nc1ccc2c(c1)[C@H](NC(=O)O)[C@@H](O)C2. The quantitative estimate of drug-likeness (QED) is 0.505. The molecule has 0 heterocycles. The maximum absolute atomic E-state index is 10.5. The van der Waals surface area contributed by atoms with Crippen LogP contribution in [0, 0.1) is 0 Å². The van der Waals surface area contributed by atoms with E-state index in [1.54, 1.807) is 12.1 Å². The van der Waals surface area contributed by atoms with Gasteiger partial charge in [0.25, 0.3) is 0 Å². The Labute approximate surface area is 86.5 Å². The Bertz CT molecular complexity index is 406. The lowest BCUT2D eigenvalue weighted by Crippen LogP contribution is -2.32. The first kappa shape index (κ1) is 9.79. The van der Waals surface area contributed by atoms with E-state index in [9.17, 15) is 9.90 Å². The van der Waals surface area contributed by atoms with Crippen molar-refractivity contribution in [3.63, 3.8) is 0 Å². The van der Waals surface area contributed by atoms with Gasteiger partial charge in [0.1, 0.15) is 0 Å². The fourth-order valence-corrected chi connectivity index (χ4v) is 1.95. The van der Waals surface area contributed by atoms with E-state index in [0.717, 1.165) is 11.1 Å². The summed E-state index contributed by atoms with van der Waals surface area (Å²) in [6, 6.07) is 4.69. The minimum Gasteiger partial charge on any atom is -0.465 e. The van der Waals surface area contributed by atoms with Crippen molar-refractivity contribution in [3.05, 3.63) is 29.3 Å². The lowest BCUT2D eigenvalue weighted by atomic mass is 10.1. The number of hydrogen-bond acceptors (Lipinski definition) is 3. The molecule has 5 heteroatoms. The molecule has 0 saturated heterocycles. The van der Waals surface area contributed by atoms with Crippen molar-refractivity contribution in [1.29, 1.82) is 0 Å². The number of benzene rings is 1. The van der Waals surface area contributed by atoms with E-state index in [4.69, 9.17) is 10.8 Å². The number of aliphatic hydroxyl groups excluding tert-OH is 1. The third-order valence-electron chi connectivity index (χ3n) is 2.60. The largest absolute Gasteiger partial charge is 0.465 e. The van der Waals surface area contributed by atoms with Crippen LogP contribution in [0.3, 0.4) is 0 Å².